The predicted octanol–water partition coefficient (Wildman–Crippen LogP) is 1.68. The van der Waals surface area contributed by atoms with Crippen LogP contribution in [0.4, 0.5) is 13.2 Å². The van der Waals surface area contributed by atoms with Gasteiger partial charge in [0.25, 0.3) is 5.95 Å². The van der Waals surface area contributed by atoms with Gasteiger partial charge in [-0.05, 0) is 6.92 Å². The third-order valence-electron chi connectivity index (χ3n) is 1.37. The lowest BCUT2D eigenvalue weighted by Crippen LogP contribution is -2.02. The Morgan fingerprint density at radius 1 is 1.25 bits per heavy atom. The molecule has 0 unspecified atom stereocenters. The van der Waals surface area contributed by atoms with Crippen LogP contribution in [0.15, 0.2) is 0 Å². The number of rotatable bonds is 0. The fourth-order valence-electron chi connectivity index (χ4n) is 0.699. The number of halogens is 3. The van der Waals surface area contributed by atoms with E-state index in [0.717, 1.165) is 6.92 Å². The maximum Gasteiger partial charge on any atom is 0.253 e. The van der Waals surface area contributed by atoms with Gasteiger partial charge in [0.15, 0.2) is 5.82 Å². The van der Waals surface area contributed by atoms with E-state index in [9.17, 15) is 13.2 Å². The van der Waals surface area contributed by atoms with E-state index >= 15 is 0 Å². The maximum absolute atomic E-state index is 12.6. The summed E-state index contributed by atoms with van der Waals surface area (Å²) in [7, 11) is 0. The van der Waals surface area contributed by atoms with Crippen LogP contribution in [0.5, 0.6) is 0 Å². The van der Waals surface area contributed by atoms with Crippen molar-refractivity contribution in [3.8, 4) is 6.07 Å². The lowest BCUT2D eigenvalue weighted by Gasteiger charge is -1.99. The summed E-state index contributed by atoms with van der Waals surface area (Å²) in [6.07, 6.45) is 0. The lowest BCUT2D eigenvalue weighted by atomic mass is 10.2. The summed E-state index contributed by atoms with van der Waals surface area (Å²) in [4.78, 5) is 2.91. The van der Waals surface area contributed by atoms with E-state index in [-0.39, 0.29) is 5.56 Å². The first-order chi connectivity index (χ1) is 5.57. The number of aromatic nitrogens is 1. The highest BCUT2D eigenvalue weighted by atomic mass is 19.2. The van der Waals surface area contributed by atoms with Crippen molar-refractivity contribution in [3.63, 3.8) is 0 Å². The van der Waals surface area contributed by atoms with Gasteiger partial charge in [-0.1, -0.05) is 0 Å². The van der Waals surface area contributed by atoms with Crippen LogP contribution in [-0.4, -0.2) is 4.98 Å². The second kappa shape index (κ2) is 2.81. The van der Waals surface area contributed by atoms with Crippen LogP contribution < -0.4 is 0 Å². The van der Waals surface area contributed by atoms with Crippen LogP contribution in [0.1, 0.15) is 11.3 Å². The van der Waals surface area contributed by atoms with Gasteiger partial charge < -0.3 is 0 Å². The van der Waals surface area contributed by atoms with Crippen LogP contribution in [0.2, 0.25) is 0 Å². The Hall–Kier alpha value is -1.57. The van der Waals surface area contributed by atoms with E-state index < -0.39 is 23.3 Å². The van der Waals surface area contributed by atoms with Crippen molar-refractivity contribution < 1.29 is 13.2 Å². The van der Waals surface area contributed by atoms with E-state index in [0.29, 0.717) is 0 Å². The molecule has 2 nitrogen and oxygen atoms in total. The molecule has 0 amide bonds. The normalized spacial score (nSPS) is 9.58. The molecule has 5 heteroatoms. The second-order valence-electron chi connectivity index (χ2n) is 2.12. The van der Waals surface area contributed by atoms with E-state index in [1.165, 1.54) is 6.07 Å². The van der Waals surface area contributed by atoms with Crippen LogP contribution in [0.25, 0.3) is 0 Å². The van der Waals surface area contributed by atoms with Crippen LogP contribution in [-0.2, 0) is 0 Å². The molecule has 0 radical (unpaired) electrons. The Morgan fingerprint density at radius 2 is 1.83 bits per heavy atom. The summed E-state index contributed by atoms with van der Waals surface area (Å²) in [5.41, 5.74) is -0.720. The molecule has 0 aromatic carbocycles. The molecule has 1 heterocycles. The molecule has 1 aromatic heterocycles. The molecule has 62 valence electrons. The Balaban J connectivity index is 3.52. The summed E-state index contributed by atoms with van der Waals surface area (Å²) in [6, 6.07) is 1.45. The average molecular weight is 172 g/mol. The Labute approximate surface area is 66.3 Å². The van der Waals surface area contributed by atoms with Crippen LogP contribution in [0, 0.1) is 35.8 Å². The zero-order valence-electron chi connectivity index (χ0n) is 6.03. The van der Waals surface area contributed by atoms with Crippen molar-refractivity contribution in [2.75, 3.05) is 0 Å². The average Bonchev–Trinajstić information content (AvgIpc) is 2.08. The van der Waals surface area contributed by atoms with E-state index in [1.54, 1.807) is 0 Å². The van der Waals surface area contributed by atoms with Gasteiger partial charge in [0, 0.05) is 5.56 Å². The van der Waals surface area contributed by atoms with Crippen molar-refractivity contribution in [1.82, 2.24) is 4.98 Å². The molecule has 0 saturated carbocycles. The van der Waals surface area contributed by atoms with Crippen LogP contribution >= 0.6 is 0 Å². The van der Waals surface area contributed by atoms with E-state index in [4.69, 9.17) is 5.26 Å². The van der Waals surface area contributed by atoms with Gasteiger partial charge in [0.1, 0.15) is 11.8 Å². The maximum atomic E-state index is 12.6. The Bertz CT molecular complexity index is 368. The second-order valence-corrected chi connectivity index (χ2v) is 2.12. The third kappa shape index (κ3) is 1.11. The first-order valence-corrected chi connectivity index (χ1v) is 2.99. The smallest absolute Gasteiger partial charge is 0.206 e. The number of hydrogen-bond donors (Lipinski definition) is 0. The molecule has 0 fully saturated rings. The lowest BCUT2D eigenvalue weighted by molar-refractivity contribution is 0.422. The largest absolute Gasteiger partial charge is 0.253 e. The molecule has 0 saturated heterocycles. The Morgan fingerprint density at radius 3 is 2.33 bits per heavy atom. The fraction of sp³-hybridized carbons (Fsp3) is 0.143. The Kier molecular flexibility index (Phi) is 2.00. The van der Waals surface area contributed by atoms with Gasteiger partial charge >= 0.3 is 0 Å². The van der Waals surface area contributed by atoms with Gasteiger partial charge in [-0.3, -0.25) is 0 Å². The molecule has 0 aliphatic heterocycles. The highest BCUT2D eigenvalue weighted by molar-refractivity contribution is 5.31. The number of hydrogen-bond acceptors (Lipinski definition) is 2. The summed E-state index contributed by atoms with van der Waals surface area (Å²) < 4.78 is 37.3. The topological polar surface area (TPSA) is 36.7 Å². The molecule has 0 spiro atoms. The molecule has 1 rings (SSSR count). The first kappa shape index (κ1) is 8.53. The minimum Gasteiger partial charge on any atom is -0.206 e. The molecular weight excluding hydrogens is 169 g/mol. The molecule has 0 bridgehead atoms. The van der Waals surface area contributed by atoms with Gasteiger partial charge in [-0.25, -0.2) is 9.37 Å². The molecule has 1 aromatic rings. The molecule has 0 aliphatic carbocycles. The van der Waals surface area contributed by atoms with E-state index in [1.807, 2.05) is 0 Å². The molecule has 0 aliphatic rings. The highest BCUT2D eigenvalue weighted by Crippen LogP contribution is 2.14. The van der Waals surface area contributed by atoms with Crippen molar-refractivity contribution in [1.29, 1.82) is 5.26 Å². The number of nitrogens with zero attached hydrogens (tertiary/aromatic N) is 2. The highest BCUT2D eigenvalue weighted by Gasteiger charge is 2.16. The predicted molar refractivity (Wildman–Crippen MR) is 33.6 cm³/mol. The fourth-order valence-corrected chi connectivity index (χ4v) is 0.699. The third-order valence-corrected chi connectivity index (χ3v) is 1.37. The molecular formula is C7H3F3N2. The minimum atomic E-state index is -1.65. The summed E-state index contributed by atoms with van der Waals surface area (Å²) in [5, 5.41) is 8.29. The zero-order chi connectivity index (χ0) is 9.30. The monoisotopic (exact) mass is 172 g/mol. The zero-order valence-corrected chi connectivity index (χ0v) is 6.03. The van der Waals surface area contributed by atoms with Crippen molar-refractivity contribution >= 4 is 0 Å². The molecule has 12 heavy (non-hydrogen) atoms. The van der Waals surface area contributed by atoms with E-state index in [2.05, 4.69) is 4.98 Å². The minimum absolute atomic E-state index is 0.281. The first-order valence-electron chi connectivity index (χ1n) is 2.99. The van der Waals surface area contributed by atoms with Crippen molar-refractivity contribution in [2.24, 2.45) is 0 Å². The van der Waals surface area contributed by atoms with Crippen molar-refractivity contribution in [3.05, 3.63) is 28.8 Å². The van der Waals surface area contributed by atoms with Crippen molar-refractivity contribution in [2.45, 2.75) is 6.92 Å². The summed E-state index contributed by atoms with van der Waals surface area (Å²) in [5.74, 6) is -4.60. The summed E-state index contributed by atoms with van der Waals surface area (Å²) in [6.45, 7) is 1.16. The molecule has 0 N–H and O–H groups in total. The van der Waals surface area contributed by atoms with Gasteiger partial charge in [-0.15, -0.1) is 0 Å². The quantitative estimate of drug-likeness (QED) is 0.558. The van der Waals surface area contributed by atoms with Gasteiger partial charge in [0.2, 0.25) is 5.82 Å². The standard InChI is InChI=1S/C7H3F3N2/c1-3-4(2-11)12-7(10)6(9)5(3)8/h1H3. The number of pyridine rings is 1. The van der Waals surface area contributed by atoms with Gasteiger partial charge in [-0.2, -0.15) is 14.0 Å². The van der Waals surface area contributed by atoms with Gasteiger partial charge in [0.05, 0.1) is 0 Å². The van der Waals surface area contributed by atoms with Crippen LogP contribution in [0.3, 0.4) is 0 Å². The SMILES string of the molecule is Cc1c(C#N)nc(F)c(F)c1F. The molecule has 0 atom stereocenters. The number of nitriles is 1. The summed E-state index contributed by atoms with van der Waals surface area (Å²) >= 11 is 0.